The monoisotopic (exact) mass is 405 g/mol. The van der Waals surface area contributed by atoms with Gasteiger partial charge in [-0.2, -0.15) is 0 Å². The molecule has 0 saturated heterocycles. The molecular formula is C18H16BrNO5. The molecule has 0 aliphatic carbocycles. The largest absolute Gasteiger partial charge is 0.483 e. The zero-order valence-electron chi connectivity index (χ0n) is 13.7. The maximum atomic E-state index is 12.1. The lowest BCUT2D eigenvalue weighted by Crippen LogP contribution is -2.21. The highest BCUT2D eigenvalue weighted by Gasteiger charge is 2.12. The number of aldehydes is 1. The van der Waals surface area contributed by atoms with Crippen molar-refractivity contribution < 1.29 is 23.9 Å². The van der Waals surface area contributed by atoms with Crippen LogP contribution in [-0.2, 0) is 9.53 Å². The van der Waals surface area contributed by atoms with Gasteiger partial charge in [0.1, 0.15) is 5.75 Å². The standard InChI is InChI=1S/C18H16BrNO5/c1-11-3-4-12(18(23)24-2)8-15(11)20-17(22)10-25-16-6-5-14(19)7-13(16)9-21/h3-9H,10H2,1-2H3,(H,20,22). The van der Waals surface area contributed by atoms with E-state index in [4.69, 9.17) is 4.74 Å². The van der Waals surface area contributed by atoms with Crippen molar-refractivity contribution in [2.24, 2.45) is 0 Å². The van der Waals surface area contributed by atoms with Crippen LogP contribution in [0.3, 0.4) is 0 Å². The van der Waals surface area contributed by atoms with E-state index in [-0.39, 0.29) is 6.61 Å². The fourth-order valence-corrected chi connectivity index (χ4v) is 2.45. The van der Waals surface area contributed by atoms with E-state index >= 15 is 0 Å². The smallest absolute Gasteiger partial charge is 0.337 e. The summed E-state index contributed by atoms with van der Waals surface area (Å²) < 4.78 is 10.8. The van der Waals surface area contributed by atoms with Gasteiger partial charge in [0, 0.05) is 10.2 Å². The van der Waals surface area contributed by atoms with Gasteiger partial charge in [0.05, 0.1) is 18.2 Å². The molecule has 0 aliphatic heterocycles. The van der Waals surface area contributed by atoms with Crippen LogP contribution in [0.25, 0.3) is 0 Å². The number of benzene rings is 2. The number of hydrogen-bond donors (Lipinski definition) is 1. The van der Waals surface area contributed by atoms with E-state index in [2.05, 4.69) is 26.0 Å². The summed E-state index contributed by atoms with van der Waals surface area (Å²) in [6.45, 7) is 1.53. The van der Waals surface area contributed by atoms with Crippen LogP contribution in [0, 0.1) is 6.92 Å². The number of carbonyl (C=O) groups excluding carboxylic acids is 3. The predicted molar refractivity (Wildman–Crippen MR) is 96.2 cm³/mol. The maximum absolute atomic E-state index is 12.1. The Morgan fingerprint density at radius 3 is 2.64 bits per heavy atom. The Morgan fingerprint density at radius 1 is 1.20 bits per heavy atom. The third-order valence-electron chi connectivity index (χ3n) is 3.39. The summed E-state index contributed by atoms with van der Waals surface area (Å²) in [5, 5.41) is 2.68. The molecule has 6 nitrogen and oxygen atoms in total. The van der Waals surface area contributed by atoms with Gasteiger partial charge in [0.2, 0.25) is 0 Å². The number of nitrogens with one attached hydrogen (secondary N) is 1. The number of ether oxygens (including phenoxy) is 2. The fraction of sp³-hybridized carbons (Fsp3) is 0.167. The van der Waals surface area contributed by atoms with Gasteiger partial charge in [-0.15, -0.1) is 0 Å². The minimum Gasteiger partial charge on any atom is -0.483 e. The van der Waals surface area contributed by atoms with Gasteiger partial charge < -0.3 is 14.8 Å². The van der Waals surface area contributed by atoms with Crippen molar-refractivity contribution >= 4 is 39.8 Å². The lowest BCUT2D eigenvalue weighted by atomic mass is 10.1. The zero-order chi connectivity index (χ0) is 18.4. The van der Waals surface area contributed by atoms with E-state index in [0.717, 1.165) is 10.0 Å². The Kier molecular flexibility index (Phi) is 6.30. The van der Waals surface area contributed by atoms with E-state index in [1.54, 1.807) is 37.3 Å². The third-order valence-corrected chi connectivity index (χ3v) is 3.88. The van der Waals surface area contributed by atoms with E-state index in [9.17, 15) is 14.4 Å². The molecule has 0 bridgehead atoms. The molecule has 0 radical (unpaired) electrons. The highest BCUT2D eigenvalue weighted by Crippen LogP contribution is 2.22. The Balaban J connectivity index is 2.06. The van der Waals surface area contributed by atoms with Gasteiger partial charge in [-0.05, 0) is 42.8 Å². The second kappa shape index (κ2) is 8.43. The second-order valence-corrected chi connectivity index (χ2v) is 6.07. The van der Waals surface area contributed by atoms with Gasteiger partial charge in [-0.3, -0.25) is 9.59 Å². The van der Waals surface area contributed by atoms with Crippen molar-refractivity contribution in [3.63, 3.8) is 0 Å². The molecule has 2 aromatic rings. The van der Waals surface area contributed by atoms with Crippen LogP contribution in [0.2, 0.25) is 0 Å². The van der Waals surface area contributed by atoms with Crippen LogP contribution in [0.5, 0.6) is 5.75 Å². The lowest BCUT2D eigenvalue weighted by molar-refractivity contribution is -0.118. The Labute approximate surface area is 153 Å². The summed E-state index contributed by atoms with van der Waals surface area (Å²) in [6, 6.07) is 9.78. The van der Waals surface area contributed by atoms with Gasteiger partial charge in [0.25, 0.3) is 5.91 Å². The molecule has 7 heteroatoms. The average Bonchev–Trinajstić information content (AvgIpc) is 2.61. The number of rotatable bonds is 6. The van der Waals surface area contributed by atoms with Crippen molar-refractivity contribution in [1.82, 2.24) is 0 Å². The Bertz CT molecular complexity index is 819. The second-order valence-electron chi connectivity index (χ2n) is 5.16. The molecule has 1 N–H and O–H groups in total. The number of carbonyl (C=O) groups is 3. The van der Waals surface area contributed by atoms with Crippen molar-refractivity contribution in [2.45, 2.75) is 6.92 Å². The highest BCUT2D eigenvalue weighted by molar-refractivity contribution is 9.10. The summed E-state index contributed by atoms with van der Waals surface area (Å²) in [5.74, 6) is -0.587. The first-order chi connectivity index (χ1) is 11.9. The normalized spacial score (nSPS) is 10.0. The van der Waals surface area contributed by atoms with Gasteiger partial charge in [-0.25, -0.2) is 4.79 Å². The van der Waals surface area contributed by atoms with Crippen LogP contribution >= 0.6 is 15.9 Å². The topological polar surface area (TPSA) is 81.7 Å². The predicted octanol–water partition coefficient (Wildman–Crippen LogP) is 3.37. The van der Waals surface area contributed by atoms with Gasteiger partial charge >= 0.3 is 5.97 Å². The number of hydrogen-bond acceptors (Lipinski definition) is 5. The number of methoxy groups -OCH3 is 1. The first-order valence-electron chi connectivity index (χ1n) is 7.31. The maximum Gasteiger partial charge on any atom is 0.337 e. The number of esters is 1. The summed E-state index contributed by atoms with van der Waals surface area (Å²) in [6.07, 6.45) is 0.655. The van der Waals surface area contributed by atoms with Crippen LogP contribution < -0.4 is 10.1 Å². The van der Waals surface area contributed by atoms with Gasteiger partial charge in [-0.1, -0.05) is 22.0 Å². The van der Waals surface area contributed by atoms with Crippen molar-refractivity contribution in [3.05, 3.63) is 57.6 Å². The Morgan fingerprint density at radius 2 is 1.96 bits per heavy atom. The molecule has 2 aromatic carbocycles. The Hall–Kier alpha value is -2.67. The molecule has 0 atom stereocenters. The summed E-state index contributed by atoms with van der Waals surface area (Å²) in [4.78, 5) is 34.7. The van der Waals surface area contributed by atoms with E-state index < -0.39 is 11.9 Å². The molecule has 0 spiro atoms. The highest BCUT2D eigenvalue weighted by atomic mass is 79.9. The molecule has 0 aliphatic rings. The first-order valence-corrected chi connectivity index (χ1v) is 8.10. The minimum absolute atomic E-state index is 0.273. The van der Waals surface area contributed by atoms with Crippen LogP contribution in [0.4, 0.5) is 5.69 Å². The fourth-order valence-electron chi connectivity index (χ4n) is 2.07. The first kappa shape index (κ1) is 18.7. The molecule has 0 saturated carbocycles. The van der Waals surface area contributed by atoms with Crippen LogP contribution in [0.15, 0.2) is 40.9 Å². The lowest BCUT2D eigenvalue weighted by Gasteiger charge is -2.12. The number of halogens is 1. The molecule has 0 unspecified atom stereocenters. The minimum atomic E-state index is -0.489. The third kappa shape index (κ3) is 4.90. The average molecular weight is 406 g/mol. The zero-order valence-corrected chi connectivity index (χ0v) is 15.3. The molecule has 0 fully saturated rings. The quantitative estimate of drug-likeness (QED) is 0.588. The number of anilines is 1. The molecule has 0 aromatic heterocycles. The van der Waals surface area contributed by atoms with E-state index in [1.807, 2.05) is 0 Å². The molecule has 1 amide bonds. The molecule has 25 heavy (non-hydrogen) atoms. The van der Waals surface area contributed by atoms with Crippen molar-refractivity contribution in [3.8, 4) is 5.75 Å². The van der Waals surface area contributed by atoms with E-state index in [0.29, 0.717) is 28.8 Å². The van der Waals surface area contributed by atoms with Gasteiger partial charge in [0.15, 0.2) is 12.9 Å². The molecular weight excluding hydrogens is 390 g/mol. The molecule has 2 rings (SSSR count). The van der Waals surface area contributed by atoms with Crippen molar-refractivity contribution in [2.75, 3.05) is 19.0 Å². The van der Waals surface area contributed by atoms with E-state index in [1.165, 1.54) is 13.2 Å². The van der Waals surface area contributed by atoms with Crippen LogP contribution in [0.1, 0.15) is 26.3 Å². The summed E-state index contributed by atoms with van der Waals surface area (Å²) >= 11 is 3.26. The van der Waals surface area contributed by atoms with Crippen LogP contribution in [-0.4, -0.2) is 31.9 Å². The molecule has 130 valence electrons. The van der Waals surface area contributed by atoms with Crippen molar-refractivity contribution in [1.29, 1.82) is 0 Å². The number of amides is 1. The molecule has 0 heterocycles. The summed E-state index contributed by atoms with van der Waals surface area (Å²) in [7, 11) is 1.29. The number of aryl methyl sites for hydroxylation is 1. The summed E-state index contributed by atoms with van der Waals surface area (Å²) in [5.41, 5.74) is 1.95. The SMILES string of the molecule is COC(=O)c1ccc(C)c(NC(=O)COc2ccc(Br)cc2C=O)c1.